The predicted octanol–water partition coefficient (Wildman–Crippen LogP) is 3.74. The topological polar surface area (TPSA) is 83.8 Å². The summed E-state index contributed by atoms with van der Waals surface area (Å²) in [5.41, 5.74) is 5.14. The molecular formula is C24H31BrN6O2. The Morgan fingerprint density at radius 2 is 2.06 bits per heavy atom. The molecule has 1 aliphatic heterocycles. The molecule has 1 aromatic carbocycles. The highest BCUT2D eigenvalue weighted by Crippen LogP contribution is 2.27. The summed E-state index contributed by atoms with van der Waals surface area (Å²) >= 11 is 3.54. The normalized spacial score (nSPS) is 15.5. The summed E-state index contributed by atoms with van der Waals surface area (Å²) in [4.78, 5) is 19.6. The molecule has 33 heavy (non-hydrogen) atoms. The molecule has 8 nitrogen and oxygen atoms in total. The van der Waals surface area contributed by atoms with Crippen molar-refractivity contribution in [1.82, 2.24) is 24.8 Å². The fraction of sp³-hybridized carbons (Fsp3) is 0.458. The van der Waals surface area contributed by atoms with E-state index in [9.17, 15) is 4.79 Å². The number of fused-ring (bicyclic) bond motifs is 1. The first-order valence-corrected chi connectivity index (χ1v) is 12.3. The summed E-state index contributed by atoms with van der Waals surface area (Å²) in [6.45, 7) is 11.3. The van der Waals surface area contributed by atoms with Crippen molar-refractivity contribution >= 4 is 33.2 Å². The number of aromatic nitrogens is 3. The average Bonchev–Trinajstić information content (AvgIpc) is 3.23. The van der Waals surface area contributed by atoms with Gasteiger partial charge in [-0.2, -0.15) is 5.10 Å². The SMILES string of the molecule is CCC(C)NC(=O)c1ccc(-c2cnc3c(NCCN4CCOCC4)cc(Br)nn23)cc1C. The van der Waals surface area contributed by atoms with Crippen LogP contribution < -0.4 is 10.6 Å². The van der Waals surface area contributed by atoms with E-state index in [0.29, 0.717) is 5.56 Å². The van der Waals surface area contributed by atoms with Gasteiger partial charge in [0.05, 0.1) is 30.8 Å². The van der Waals surface area contributed by atoms with Gasteiger partial charge in [0.2, 0.25) is 0 Å². The van der Waals surface area contributed by atoms with Crippen LogP contribution in [-0.4, -0.2) is 70.8 Å². The monoisotopic (exact) mass is 514 g/mol. The van der Waals surface area contributed by atoms with E-state index in [2.05, 4.69) is 48.5 Å². The number of benzene rings is 1. The molecule has 1 unspecified atom stereocenters. The van der Waals surface area contributed by atoms with Crippen LogP contribution in [0, 0.1) is 6.92 Å². The van der Waals surface area contributed by atoms with E-state index in [4.69, 9.17) is 4.74 Å². The van der Waals surface area contributed by atoms with Crippen molar-refractivity contribution in [2.45, 2.75) is 33.2 Å². The Labute approximate surface area is 202 Å². The van der Waals surface area contributed by atoms with Gasteiger partial charge in [0.25, 0.3) is 5.91 Å². The van der Waals surface area contributed by atoms with Gasteiger partial charge in [-0.1, -0.05) is 13.0 Å². The zero-order valence-electron chi connectivity index (χ0n) is 19.4. The maximum Gasteiger partial charge on any atom is 0.251 e. The van der Waals surface area contributed by atoms with Gasteiger partial charge in [-0.05, 0) is 60.0 Å². The molecule has 0 aliphatic carbocycles. The zero-order chi connectivity index (χ0) is 23.4. The lowest BCUT2D eigenvalue weighted by atomic mass is 10.0. The van der Waals surface area contributed by atoms with Crippen molar-refractivity contribution < 1.29 is 9.53 Å². The zero-order valence-corrected chi connectivity index (χ0v) is 21.0. The van der Waals surface area contributed by atoms with Gasteiger partial charge < -0.3 is 15.4 Å². The Morgan fingerprint density at radius 3 is 2.79 bits per heavy atom. The van der Waals surface area contributed by atoms with Gasteiger partial charge in [0.15, 0.2) is 5.65 Å². The van der Waals surface area contributed by atoms with E-state index < -0.39 is 0 Å². The first-order valence-electron chi connectivity index (χ1n) is 11.5. The summed E-state index contributed by atoms with van der Waals surface area (Å²) in [7, 11) is 0. The van der Waals surface area contributed by atoms with E-state index in [1.54, 1.807) is 0 Å². The summed E-state index contributed by atoms with van der Waals surface area (Å²) in [6.07, 6.45) is 2.73. The number of hydrogen-bond acceptors (Lipinski definition) is 6. The lowest BCUT2D eigenvalue weighted by Crippen LogP contribution is -2.39. The Kier molecular flexibility index (Phi) is 7.62. The van der Waals surface area contributed by atoms with Gasteiger partial charge in [0.1, 0.15) is 4.60 Å². The molecule has 1 saturated heterocycles. The van der Waals surface area contributed by atoms with Gasteiger partial charge in [-0.25, -0.2) is 9.50 Å². The number of morpholine rings is 1. The number of carbonyl (C=O) groups is 1. The quantitative estimate of drug-likeness (QED) is 0.476. The van der Waals surface area contributed by atoms with Crippen LogP contribution in [-0.2, 0) is 4.74 Å². The Hall–Kier alpha value is -2.49. The molecule has 1 amide bonds. The van der Waals surface area contributed by atoms with Gasteiger partial charge >= 0.3 is 0 Å². The molecule has 3 aromatic rings. The highest BCUT2D eigenvalue weighted by Gasteiger charge is 2.16. The molecule has 1 fully saturated rings. The van der Waals surface area contributed by atoms with E-state index in [-0.39, 0.29) is 11.9 Å². The van der Waals surface area contributed by atoms with Crippen LogP contribution >= 0.6 is 15.9 Å². The van der Waals surface area contributed by atoms with Gasteiger partial charge in [-0.3, -0.25) is 9.69 Å². The highest BCUT2D eigenvalue weighted by atomic mass is 79.9. The second-order valence-electron chi connectivity index (χ2n) is 8.45. The maximum atomic E-state index is 12.6. The number of halogens is 1. The number of aryl methyl sites for hydroxylation is 1. The molecule has 3 heterocycles. The van der Waals surface area contributed by atoms with Crippen LogP contribution in [0.25, 0.3) is 16.9 Å². The molecule has 2 aromatic heterocycles. The number of nitrogens with one attached hydrogen (secondary N) is 2. The third kappa shape index (κ3) is 5.54. The molecular weight excluding hydrogens is 484 g/mol. The summed E-state index contributed by atoms with van der Waals surface area (Å²) < 4.78 is 7.99. The minimum absolute atomic E-state index is 0.0424. The van der Waals surface area contributed by atoms with Crippen LogP contribution in [0.15, 0.2) is 35.1 Å². The van der Waals surface area contributed by atoms with Crippen molar-refractivity contribution in [3.8, 4) is 11.3 Å². The number of carbonyl (C=O) groups excluding carboxylic acids is 1. The van der Waals surface area contributed by atoms with Gasteiger partial charge in [0, 0.05) is 43.3 Å². The maximum absolute atomic E-state index is 12.6. The van der Waals surface area contributed by atoms with Crippen molar-refractivity contribution in [2.24, 2.45) is 0 Å². The Morgan fingerprint density at radius 1 is 1.27 bits per heavy atom. The van der Waals surface area contributed by atoms with Crippen LogP contribution in [0.4, 0.5) is 5.69 Å². The number of anilines is 1. The lowest BCUT2D eigenvalue weighted by molar-refractivity contribution is 0.0398. The Bertz CT molecular complexity index is 1130. The molecule has 1 aliphatic rings. The average molecular weight is 515 g/mol. The van der Waals surface area contributed by atoms with Crippen molar-refractivity contribution in [3.63, 3.8) is 0 Å². The first-order chi connectivity index (χ1) is 16.0. The van der Waals surface area contributed by atoms with Crippen LogP contribution in [0.1, 0.15) is 36.2 Å². The largest absolute Gasteiger partial charge is 0.381 e. The fourth-order valence-electron chi connectivity index (χ4n) is 3.92. The third-order valence-corrected chi connectivity index (χ3v) is 6.43. The molecule has 176 valence electrons. The number of amides is 1. The van der Waals surface area contributed by atoms with E-state index >= 15 is 0 Å². The lowest BCUT2D eigenvalue weighted by Gasteiger charge is -2.26. The smallest absolute Gasteiger partial charge is 0.251 e. The predicted molar refractivity (Wildman–Crippen MR) is 134 cm³/mol. The first kappa shape index (κ1) is 23.7. The van der Waals surface area contributed by atoms with Crippen LogP contribution in [0.3, 0.4) is 0 Å². The summed E-state index contributed by atoms with van der Waals surface area (Å²) in [6, 6.07) is 7.95. The number of ether oxygens (including phenoxy) is 1. The standard InChI is InChI=1S/C24H31BrN6O2/c1-4-17(3)28-24(32)19-6-5-18(13-16(19)2)21-15-27-23-20(14-22(25)29-31(21)23)26-7-8-30-9-11-33-12-10-30/h5-6,13-15,17,26H,4,7-12H2,1-3H3,(H,28,32). The van der Waals surface area contributed by atoms with E-state index in [0.717, 1.165) is 78.6 Å². The van der Waals surface area contributed by atoms with Crippen molar-refractivity contribution in [3.05, 3.63) is 46.2 Å². The second kappa shape index (κ2) is 10.6. The molecule has 0 radical (unpaired) electrons. The molecule has 4 rings (SSSR count). The minimum Gasteiger partial charge on any atom is -0.381 e. The molecule has 0 saturated carbocycles. The minimum atomic E-state index is -0.0424. The third-order valence-electron chi connectivity index (χ3n) is 6.04. The van der Waals surface area contributed by atoms with E-state index in [1.807, 2.05) is 48.8 Å². The van der Waals surface area contributed by atoms with Crippen LogP contribution in [0.2, 0.25) is 0 Å². The van der Waals surface area contributed by atoms with Crippen molar-refractivity contribution in [2.75, 3.05) is 44.7 Å². The molecule has 2 N–H and O–H groups in total. The second-order valence-corrected chi connectivity index (χ2v) is 9.27. The Balaban J connectivity index is 1.55. The molecule has 0 spiro atoms. The van der Waals surface area contributed by atoms with Crippen LogP contribution in [0.5, 0.6) is 0 Å². The number of imidazole rings is 1. The number of rotatable bonds is 8. The van der Waals surface area contributed by atoms with E-state index in [1.165, 1.54) is 0 Å². The molecule has 1 atom stereocenters. The highest BCUT2D eigenvalue weighted by molar-refractivity contribution is 9.10. The number of nitrogens with zero attached hydrogens (tertiary/aromatic N) is 4. The van der Waals surface area contributed by atoms with Crippen molar-refractivity contribution in [1.29, 1.82) is 0 Å². The molecule has 0 bridgehead atoms. The fourth-order valence-corrected chi connectivity index (χ4v) is 4.31. The van der Waals surface area contributed by atoms with Gasteiger partial charge in [-0.15, -0.1) is 0 Å². The molecule has 9 heteroatoms. The summed E-state index contributed by atoms with van der Waals surface area (Å²) in [5.74, 6) is -0.0424. The number of hydrogen-bond donors (Lipinski definition) is 2. The summed E-state index contributed by atoms with van der Waals surface area (Å²) in [5, 5.41) is 11.2.